The highest BCUT2D eigenvalue weighted by molar-refractivity contribution is 7.07. The first kappa shape index (κ1) is 10.1. The van der Waals surface area contributed by atoms with Crippen molar-refractivity contribution in [3.05, 3.63) is 16.6 Å². The Morgan fingerprint density at radius 1 is 1.64 bits per heavy atom. The molecule has 1 aliphatic heterocycles. The summed E-state index contributed by atoms with van der Waals surface area (Å²) in [5, 5.41) is 2.12. The van der Waals surface area contributed by atoms with Crippen LogP contribution in [0.25, 0.3) is 0 Å². The van der Waals surface area contributed by atoms with Crippen LogP contribution in [0.15, 0.2) is 10.9 Å². The SMILES string of the molecule is CC1CN(C(C)c2cscn2)CC1N. The standard InChI is InChI=1S/C10H17N3S/c1-7-3-13(4-9(7)11)8(2)10-5-14-6-12-10/h5-9H,3-4,11H2,1-2H3. The van der Waals surface area contributed by atoms with Gasteiger partial charge in [-0.05, 0) is 12.8 Å². The Morgan fingerprint density at radius 3 is 2.93 bits per heavy atom. The van der Waals surface area contributed by atoms with Crippen LogP contribution in [0.5, 0.6) is 0 Å². The maximum absolute atomic E-state index is 6.00. The third-order valence-electron chi connectivity index (χ3n) is 3.13. The number of likely N-dealkylation sites (tertiary alicyclic amines) is 1. The summed E-state index contributed by atoms with van der Waals surface area (Å²) in [6, 6.07) is 0.744. The second kappa shape index (κ2) is 3.96. The molecule has 0 radical (unpaired) electrons. The molecule has 4 heteroatoms. The van der Waals surface area contributed by atoms with Crippen molar-refractivity contribution >= 4 is 11.3 Å². The highest BCUT2D eigenvalue weighted by Crippen LogP contribution is 2.26. The van der Waals surface area contributed by atoms with Gasteiger partial charge in [-0.1, -0.05) is 6.92 Å². The van der Waals surface area contributed by atoms with E-state index in [-0.39, 0.29) is 0 Å². The third kappa shape index (κ3) is 1.82. The zero-order valence-corrected chi connectivity index (χ0v) is 9.50. The first-order chi connectivity index (χ1) is 6.68. The van der Waals surface area contributed by atoms with E-state index in [1.54, 1.807) is 11.3 Å². The minimum Gasteiger partial charge on any atom is -0.326 e. The average molecular weight is 211 g/mol. The Balaban J connectivity index is 2.03. The van der Waals surface area contributed by atoms with Gasteiger partial charge < -0.3 is 5.73 Å². The van der Waals surface area contributed by atoms with E-state index in [0.29, 0.717) is 18.0 Å². The van der Waals surface area contributed by atoms with Crippen LogP contribution in [0.3, 0.4) is 0 Å². The smallest absolute Gasteiger partial charge is 0.0795 e. The lowest BCUT2D eigenvalue weighted by Crippen LogP contribution is -2.29. The summed E-state index contributed by atoms with van der Waals surface area (Å²) in [6.45, 7) is 6.53. The van der Waals surface area contributed by atoms with Crippen molar-refractivity contribution in [3.63, 3.8) is 0 Å². The Kier molecular flexibility index (Phi) is 2.85. The van der Waals surface area contributed by atoms with E-state index >= 15 is 0 Å². The number of thiazole rings is 1. The molecule has 0 saturated carbocycles. The van der Waals surface area contributed by atoms with Gasteiger partial charge in [-0.15, -0.1) is 11.3 Å². The summed E-state index contributed by atoms with van der Waals surface area (Å²) in [4.78, 5) is 6.77. The molecule has 1 aromatic rings. The van der Waals surface area contributed by atoms with Gasteiger partial charge in [-0.3, -0.25) is 4.90 Å². The van der Waals surface area contributed by atoms with Gasteiger partial charge in [-0.25, -0.2) is 4.98 Å². The molecule has 0 aromatic carbocycles. The van der Waals surface area contributed by atoms with Gasteiger partial charge in [0.1, 0.15) is 0 Å². The number of aromatic nitrogens is 1. The molecule has 1 saturated heterocycles. The fourth-order valence-electron chi connectivity index (χ4n) is 1.96. The van der Waals surface area contributed by atoms with Crippen LogP contribution in [0.1, 0.15) is 25.6 Å². The molecular formula is C10H17N3S. The zero-order valence-electron chi connectivity index (χ0n) is 8.68. The Hall–Kier alpha value is -0.450. The molecule has 3 atom stereocenters. The summed E-state index contributed by atoms with van der Waals surface area (Å²) in [6.07, 6.45) is 0. The first-order valence-corrected chi connectivity index (χ1v) is 6.00. The van der Waals surface area contributed by atoms with Gasteiger partial charge in [0.25, 0.3) is 0 Å². The molecule has 2 heterocycles. The summed E-state index contributed by atoms with van der Waals surface area (Å²) >= 11 is 1.66. The second-order valence-corrected chi connectivity index (χ2v) is 4.90. The maximum Gasteiger partial charge on any atom is 0.0795 e. The second-order valence-electron chi connectivity index (χ2n) is 4.18. The Morgan fingerprint density at radius 2 is 2.43 bits per heavy atom. The number of rotatable bonds is 2. The molecule has 14 heavy (non-hydrogen) atoms. The van der Waals surface area contributed by atoms with E-state index < -0.39 is 0 Å². The van der Waals surface area contributed by atoms with Gasteiger partial charge in [-0.2, -0.15) is 0 Å². The Bertz CT molecular complexity index is 276. The molecule has 78 valence electrons. The molecule has 0 aliphatic carbocycles. The van der Waals surface area contributed by atoms with Gasteiger partial charge in [0.05, 0.1) is 17.2 Å². The van der Waals surface area contributed by atoms with Gasteiger partial charge in [0, 0.05) is 24.5 Å². The van der Waals surface area contributed by atoms with Gasteiger partial charge in [0.15, 0.2) is 0 Å². The van der Waals surface area contributed by atoms with E-state index in [4.69, 9.17) is 5.73 Å². The predicted molar refractivity (Wildman–Crippen MR) is 59.2 cm³/mol. The number of hydrogen-bond donors (Lipinski definition) is 1. The van der Waals surface area contributed by atoms with Crippen LogP contribution < -0.4 is 5.73 Å². The van der Waals surface area contributed by atoms with Crippen molar-refractivity contribution in [1.82, 2.24) is 9.88 Å². The van der Waals surface area contributed by atoms with E-state index in [1.165, 1.54) is 5.69 Å². The molecule has 1 aliphatic rings. The molecule has 2 rings (SSSR count). The number of hydrogen-bond acceptors (Lipinski definition) is 4. The van der Waals surface area contributed by atoms with Crippen LogP contribution in [-0.4, -0.2) is 29.0 Å². The maximum atomic E-state index is 6.00. The number of nitrogens with zero attached hydrogens (tertiary/aromatic N) is 2. The van der Waals surface area contributed by atoms with Crippen molar-refractivity contribution in [2.75, 3.05) is 13.1 Å². The minimum atomic E-state index is 0.330. The normalized spacial score (nSPS) is 30.8. The van der Waals surface area contributed by atoms with Gasteiger partial charge in [0.2, 0.25) is 0 Å². The molecule has 3 unspecified atom stereocenters. The van der Waals surface area contributed by atoms with E-state index in [1.807, 2.05) is 5.51 Å². The lowest BCUT2D eigenvalue weighted by atomic mass is 10.1. The summed E-state index contributed by atoms with van der Waals surface area (Å²) in [5.74, 6) is 0.607. The number of nitrogens with two attached hydrogens (primary N) is 1. The first-order valence-electron chi connectivity index (χ1n) is 5.06. The monoisotopic (exact) mass is 211 g/mol. The summed E-state index contributed by atoms with van der Waals surface area (Å²) < 4.78 is 0. The van der Waals surface area contributed by atoms with Gasteiger partial charge >= 0.3 is 0 Å². The average Bonchev–Trinajstić information content (AvgIpc) is 2.76. The molecule has 0 bridgehead atoms. The lowest BCUT2D eigenvalue weighted by molar-refractivity contribution is 0.250. The van der Waals surface area contributed by atoms with Crippen molar-refractivity contribution in [2.45, 2.75) is 25.9 Å². The summed E-state index contributed by atoms with van der Waals surface area (Å²) in [7, 11) is 0. The topological polar surface area (TPSA) is 42.2 Å². The zero-order chi connectivity index (χ0) is 10.1. The highest BCUT2D eigenvalue weighted by atomic mass is 32.1. The van der Waals surface area contributed by atoms with Crippen LogP contribution in [0.4, 0.5) is 0 Å². The van der Waals surface area contributed by atoms with Crippen molar-refractivity contribution in [3.8, 4) is 0 Å². The van der Waals surface area contributed by atoms with E-state index in [9.17, 15) is 0 Å². The predicted octanol–water partition coefficient (Wildman–Crippen LogP) is 1.48. The highest BCUT2D eigenvalue weighted by Gasteiger charge is 2.30. The molecule has 0 amide bonds. The molecule has 1 aromatic heterocycles. The Labute approximate surface area is 88.9 Å². The van der Waals surface area contributed by atoms with Crippen LogP contribution in [0, 0.1) is 5.92 Å². The largest absolute Gasteiger partial charge is 0.326 e. The molecular weight excluding hydrogens is 194 g/mol. The summed E-state index contributed by atoms with van der Waals surface area (Å²) in [5.41, 5.74) is 9.07. The lowest BCUT2D eigenvalue weighted by Gasteiger charge is -2.22. The fourth-order valence-corrected chi connectivity index (χ4v) is 2.60. The van der Waals surface area contributed by atoms with Crippen LogP contribution in [-0.2, 0) is 0 Å². The molecule has 3 nitrogen and oxygen atoms in total. The van der Waals surface area contributed by atoms with E-state index in [0.717, 1.165) is 13.1 Å². The van der Waals surface area contributed by atoms with Crippen molar-refractivity contribution in [2.24, 2.45) is 11.7 Å². The molecule has 2 N–H and O–H groups in total. The van der Waals surface area contributed by atoms with Crippen molar-refractivity contribution in [1.29, 1.82) is 0 Å². The third-order valence-corrected chi connectivity index (χ3v) is 3.73. The van der Waals surface area contributed by atoms with Crippen LogP contribution >= 0.6 is 11.3 Å². The van der Waals surface area contributed by atoms with Crippen LogP contribution in [0.2, 0.25) is 0 Å². The van der Waals surface area contributed by atoms with Crippen molar-refractivity contribution < 1.29 is 0 Å². The fraction of sp³-hybridized carbons (Fsp3) is 0.700. The quantitative estimate of drug-likeness (QED) is 0.805. The molecule has 0 spiro atoms. The minimum absolute atomic E-state index is 0.330. The molecule has 1 fully saturated rings. The van der Waals surface area contributed by atoms with E-state index in [2.05, 4.69) is 29.1 Å².